The van der Waals surface area contributed by atoms with E-state index in [1.165, 1.54) is 0 Å². The minimum Gasteiger partial charge on any atom is -0.461 e. The van der Waals surface area contributed by atoms with Crippen LogP contribution in [0.5, 0.6) is 0 Å². The van der Waals surface area contributed by atoms with Crippen molar-refractivity contribution in [3.05, 3.63) is 18.0 Å². The molecule has 0 atom stereocenters. The third-order valence-electron chi connectivity index (χ3n) is 2.07. The quantitative estimate of drug-likeness (QED) is 0.560. The van der Waals surface area contributed by atoms with Gasteiger partial charge in [0.1, 0.15) is 5.69 Å². The largest absolute Gasteiger partial charge is 0.461 e. The first-order chi connectivity index (χ1) is 7.29. The van der Waals surface area contributed by atoms with Crippen molar-refractivity contribution in [2.75, 3.05) is 18.5 Å². The van der Waals surface area contributed by atoms with Gasteiger partial charge in [0, 0.05) is 12.7 Å². The van der Waals surface area contributed by atoms with Gasteiger partial charge in [-0.2, -0.15) is 0 Å². The van der Waals surface area contributed by atoms with E-state index >= 15 is 0 Å². The van der Waals surface area contributed by atoms with E-state index < -0.39 is 0 Å². The maximum absolute atomic E-state index is 11.5. The van der Waals surface area contributed by atoms with Crippen LogP contribution < -0.4 is 5.32 Å². The summed E-state index contributed by atoms with van der Waals surface area (Å²) in [6.45, 7) is 5.20. The zero-order chi connectivity index (χ0) is 11.1. The second kappa shape index (κ2) is 6.11. The summed E-state index contributed by atoms with van der Waals surface area (Å²) >= 11 is 0. The number of unbranched alkanes of at least 4 members (excludes halogenated alkanes) is 1. The second-order valence-corrected chi connectivity index (χ2v) is 3.27. The van der Waals surface area contributed by atoms with Crippen molar-refractivity contribution in [1.29, 1.82) is 0 Å². The average Bonchev–Trinajstić information content (AvgIpc) is 2.67. The van der Waals surface area contributed by atoms with Crippen LogP contribution in [0.4, 0.5) is 5.69 Å². The van der Waals surface area contributed by atoms with Gasteiger partial charge in [0.05, 0.1) is 12.3 Å². The third kappa shape index (κ3) is 3.31. The zero-order valence-corrected chi connectivity index (χ0v) is 9.30. The molecule has 1 aromatic rings. The SMILES string of the molecule is CCCCNc1cc[nH]c1C(=O)OCC. The molecule has 0 spiro atoms. The Bertz CT molecular complexity index is 307. The highest BCUT2D eigenvalue weighted by Gasteiger charge is 2.12. The number of H-pyrrole nitrogens is 1. The van der Waals surface area contributed by atoms with Gasteiger partial charge in [-0.1, -0.05) is 13.3 Å². The molecule has 2 N–H and O–H groups in total. The van der Waals surface area contributed by atoms with E-state index in [1.807, 2.05) is 6.07 Å². The van der Waals surface area contributed by atoms with Crippen LogP contribution in [0.3, 0.4) is 0 Å². The first-order valence-corrected chi connectivity index (χ1v) is 5.38. The molecule has 1 rings (SSSR count). The van der Waals surface area contributed by atoms with Gasteiger partial charge in [0.2, 0.25) is 0 Å². The minimum absolute atomic E-state index is 0.304. The molecule has 0 unspecified atom stereocenters. The number of rotatable bonds is 6. The fourth-order valence-electron chi connectivity index (χ4n) is 1.29. The number of hydrogen-bond donors (Lipinski definition) is 2. The lowest BCUT2D eigenvalue weighted by atomic mass is 10.3. The van der Waals surface area contributed by atoms with Crippen LogP contribution in [0.1, 0.15) is 37.2 Å². The highest BCUT2D eigenvalue weighted by atomic mass is 16.5. The number of aromatic nitrogens is 1. The standard InChI is InChI=1S/C11H18N2O2/c1-3-5-7-12-9-6-8-13-10(9)11(14)15-4-2/h6,8,12-13H,3-5,7H2,1-2H3. The predicted octanol–water partition coefficient (Wildman–Crippen LogP) is 2.40. The Balaban J connectivity index is 2.56. The topological polar surface area (TPSA) is 54.1 Å². The van der Waals surface area contributed by atoms with E-state index in [2.05, 4.69) is 17.2 Å². The molecule has 1 aromatic heterocycles. The van der Waals surface area contributed by atoms with Crippen LogP contribution in [0, 0.1) is 0 Å². The van der Waals surface area contributed by atoms with Crippen molar-refractivity contribution in [3.8, 4) is 0 Å². The fraction of sp³-hybridized carbons (Fsp3) is 0.545. The number of aromatic amines is 1. The number of carbonyl (C=O) groups is 1. The first kappa shape index (κ1) is 11.6. The van der Waals surface area contributed by atoms with E-state index in [0.717, 1.165) is 25.1 Å². The van der Waals surface area contributed by atoms with Gasteiger partial charge in [-0.3, -0.25) is 0 Å². The normalized spacial score (nSPS) is 10.0. The molecule has 0 aliphatic rings. The highest BCUT2D eigenvalue weighted by molar-refractivity contribution is 5.93. The molecule has 0 saturated carbocycles. The lowest BCUT2D eigenvalue weighted by molar-refractivity contribution is 0.0521. The Morgan fingerprint density at radius 1 is 1.53 bits per heavy atom. The molecular formula is C11H18N2O2. The number of hydrogen-bond acceptors (Lipinski definition) is 3. The zero-order valence-electron chi connectivity index (χ0n) is 9.30. The Hall–Kier alpha value is -1.45. The highest BCUT2D eigenvalue weighted by Crippen LogP contribution is 2.14. The van der Waals surface area contributed by atoms with E-state index in [-0.39, 0.29) is 5.97 Å². The summed E-state index contributed by atoms with van der Waals surface area (Å²) in [5.41, 5.74) is 1.33. The number of ether oxygens (including phenoxy) is 1. The van der Waals surface area contributed by atoms with Crippen LogP contribution in [0.15, 0.2) is 12.3 Å². The Kier molecular flexibility index (Phi) is 4.74. The minimum atomic E-state index is -0.304. The number of nitrogens with one attached hydrogen (secondary N) is 2. The fourth-order valence-corrected chi connectivity index (χ4v) is 1.29. The molecule has 0 aliphatic heterocycles. The molecule has 0 saturated heterocycles. The Morgan fingerprint density at radius 3 is 3.00 bits per heavy atom. The molecule has 0 bridgehead atoms. The lowest BCUT2D eigenvalue weighted by Gasteiger charge is -2.06. The second-order valence-electron chi connectivity index (χ2n) is 3.27. The van der Waals surface area contributed by atoms with Crippen molar-refractivity contribution < 1.29 is 9.53 Å². The number of anilines is 1. The van der Waals surface area contributed by atoms with Crippen LogP contribution in [-0.4, -0.2) is 24.1 Å². The Morgan fingerprint density at radius 2 is 2.33 bits per heavy atom. The van der Waals surface area contributed by atoms with Crippen LogP contribution in [-0.2, 0) is 4.74 Å². The molecule has 15 heavy (non-hydrogen) atoms. The molecular weight excluding hydrogens is 192 g/mol. The van der Waals surface area contributed by atoms with Crippen LogP contribution in [0.25, 0.3) is 0 Å². The molecule has 4 nitrogen and oxygen atoms in total. The van der Waals surface area contributed by atoms with Crippen LogP contribution >= 0.6 is 0 Å². The predicted molar refractivity (Wildman–Crippen MR) is 60.1 cm³/mol. The van der Waals surface area contributed by atoms with Gasteiger partial charge in [-0.25, -0.2) is 4.79 Å². The number of carbonyl (C=O) groups excluding carboxylic acids is 1. The lowest BCUT2D eigenvalue weighted by Crippen LogP contribution is -2.09. The summed E-state index contributed by atoms with van der Waals surface area (Å²) in [6.07, 6.45) is 3.96. The van der Waals surface area contributed by atoms with E-state index in [4.69, 9.17) is 4.74 Å². The monoisotopic (exact) mass is 210 g/mol. The van der Waals surface area contributed by atoms with Gasteiger partial charge in [0.25, 0.3) is 0 Å². The molecule has 0 amide bonds. The van der Waals surface area contributed by atoms with Gasteiger partial charge in [-0.05, 0) is 19.4 Å². The Labute approximate surface area is 90.0 Å². The van der Waals surface area contributed by atoms with Gasteiger partial charge in [0.15, 0.2) is 0 Å². The van der Waals surface area contributed by atoms with Crippen LogP contribution in [0.2, 0.25) is 0 Å². The van der Waals surface area contributed by atoms with Gasteiger partial charge in [-0.15, -0.1) is 0 Å². The maximum Gasteiger partial charge on any atom is 0.356 e. The van der Waals surface area contributed by atoms with Crippen molar-refractivity contribution >= 4 is 11.7 Å². The summed E-state index contributed by atoms with van der Waals surface area (Å²) in [5.74, 6) is -0.304. The summed E-state index contributed by atoms with van der Waals surface area (Å²) in [7, 11) is 0. The molecule has 0 aliphatic carbocycles. The van der Waals surface area contributed by atoms with Gasteiger partial charge < -0.3 is 15.0 Å². The molecule has 84 valence electrons. The third-order valence-corrected chi connectivity index (χ3v) is 2.07. The van der Waals surface area contributed by atoms with Crippen molar-refractivity contribution in [3.63, 3.8) is 0 Å². The summed E-state index contributed by atoms with van der Waals surface area (Å²) in [4.78, 5) is 14.3. The van der Waals surface area contributed by atoms with Crippen molar-refractivity contribution in [2.45, 2.75) is 26.7 Å². The molecule has 0 aromatic carbocycles. The summed E-state index contributed by atoms with van der Waals surface area (Å²) < 4.78 is 4.92. The molecule has 0 fully saturated rings. The average molecular weight is 210 g/mol. The number of esters is 1. The van der Waals surface area contributed by atoms with Gasteiger partial charge >= 0.3 is 5.97 Å². The molecule has 4 heteroatoms. The van der Waals surface area contributed by atoms with E-state index in [9.17, 15) is 4.79 Å². The smallest absolute Gasteiger partial charge is 0.356 e. The first-order valence-electron chi connectivity index (χ1n) is 5.38. The summed E-state index contributed by atoms with van der Waals surface area (Å²) in [6, 6.07) is 1.85. The van der Waals surface area contributed by atoms with Crippen molar-refractivity contribution in [2.24, 2.45) is 0 Å². The van der Waals surface area contributed by atoms with Crippen molar-refractivity contribution in [1.82, 2.24) is 4.98 Å². The van der Waals surface area contributed by atoms with E-state index in [0.29, 0.717) is 12.3 Å². The molecule has 1 heterocycles. The van der Waals surface area contributed by atoms with E-state index in [1.54, 1.807) is 13.1 Å². The molecule has 0 radical (unpaired) electrons. The maximum atomic E-state index is 11.5. The summed E-state index contributed by atoms with van der Waals surface area (Å²) in [5, 5.41) is 3.20.